The van der Waals surface area contributed by atoms with Gasteiger partial charge in [-0.05, 0) is 26.0 Å². The number of aromatic nitrogens is 2. The molecule has 0 bridgehead atoms. The molecule has 0 fully saturated rings. The zero-order valence-electron chi connectivity index (χ0n) is 15.8. The van der Waals surface area contributed by atoms with Crippen LogP contribution in [0.3, 0.4) is 0 Å². The number of halogens is 4. The molecule has 1 aromatic heterocycles. The van der Waals surface area contributed by atoms with E-state index in [0.717, 1.165) is 11.9 Å². The van der Waals surface area contributed by atoms with Crippen LogP contribution >= 0.6 is 11.6 Å². The molecule has 0 radical (unpaired) electrons. The number of amides is 2. The second kappa shape index (κ2) is 10.1. The Morgan fingerprint density at radius 3 is 2.50 bits per heavy atom. The summed E-state index contributed by atoms with van der Waals surface area (Å²) in [7, 11) is 1.14. The standard InChI is InChI=1S/C18H22ClF3N4O2/c1-5-8-9-13(6-2)26-11-14(17(19)23-26)25(7-3)16(28)12-24(4)15(27)10-18(20,21)22/h5-6,8-9,11H,2,7,10,12H2,1,3-4H3/b8-5-,13-9+. The maximum atomic E-state index is 12.5. The lowest BCUT2D eigenvalue weighted by molar-refractivity contribution is -0.161. The number of hydrogen-bond acceptors (Lipinski definition) is 3. The first-order valence-electron chi connectivity index (χ1n) is 8.36. The van der Waals surface area contributed by atoms with E-state index in [4.69, 9.17) is 11.6 Å². The summed E-state index contributed by atoms with van der Waals surface area (Å²) in [4.78, 5) is 26.1. The van der Waals surface area contributed by atoms with Crippen molar-refractivity contribution in [2.45, 2.75) is 26.4 Å². The fourth-order valence-electron chi connectivity index (χ4n) is 2.25. The fraction of sp³-hybridized carbons (Fsp3) is 0.389. The van der Waals surface area contributed by atoms with Gasteiger partial charge in [0.2, 0.25) is 11.8 Å². The third-order valence-corrected chi connectivity index (χ3v) is 3.91. The van der Waals surface area contributed by atoms with Crippen LogP contribution in [0.2, 0.25) is 5.15 Å². The van der Waals surface area contributed by atoms with Crippen molar-refractivity contribution in [3.05, 3.63) is 42.2 Å². The van der Waals surface area contributed by atoms with Gasteiger partial charge in [-0.25, -0.2) is 4.68 Å². The second-order valence-electron chi connectivity index (χ2n) is 5.75. The Hall–Kier alpha value is -2.55. The number of allylic oxidation sites excluding steroid dienone is 5. The third-order valence-electron chi connectivity index (χ3n) is 3.64. The minimum Gasteiger partial charge on any atom is -0.336 e. The quantitative estimate of drug-likeness (QED) is 0.601. The summed E-state index contributed by atoms with van der Waals surface area (Å²) in [5.74, 6) is -1.78. The molecule has 0 atom stereocenters. The van der Waals surface area contributed by atoms with Crippen molar-refractivity contribution >= 4 is 34.8 Å². The van der Waals surface area contributed by atoms with E-state index in [9.17, 15) is 22.8 Å². The SMILES string of the molecule is C=C/C(=C\C=C/C)n1cc(N(CC)C(=O)CN(C)C(=O)CC(F)(F)F)c(Cl)n1. The first-order valence-corrected chi connectivity index (χ1v) is 8.73. The number of carbonyl (C=O) groups excluding carboxylic acids is 2. The molecule has 10 heteroatoms. The molecule has 1 aromatic rings. The van der Waals surface area contributed by atoms with Crippen molar-refractivity contribution < 1.29 is 22.8 Å². The monoisotopic (exact) mass is 418 g/mol. The van der Waals surface area contributed by atoms with Crippen LogP contribution in [-0.2, 0) is 9.59 Å². The number of nitrogens with zero attached hydrogens (tertiary/aromatic N) is 4. The van der Waals surface area contributed by atoms with Gasteiger partial charge in [0.25, 0.3) is 0 Å². The minimum atomic E-state index is -4.64. The number of alkyl halides is 3. The Kier molecular flexibility index (Phi) is 8.49. The average Bonchev–Trinajstić information content (AvgIpc) is 2.96. The first kappa shape index (κ1) is 23.5. The Labute approximate surface area is 166 Å². The molecule has 0 unspecified atom stereocenters. The van der Waals surface area contributed by atoms with Gasteiger partial charge < -0.3 is 9.80 Å². The van der Waals surface area contributed by atoms with E-state index in [-0.39, 0.29) is 17.4 Å². The molecular formula is C18H22ClF3N4O2. The van der Waals surface area contributed by atoms with Crippen LogP contribution in [-0.4, -0.2) is 52.8 Å². The molecular weight excluding hydrogens is 397 g/mol. The van der Waals surface area contributed by atoms with Crippen molar-refractivity contribution in [2.75, 3.05) is 25.0 Å². The first-order chi connectivity index (χ1) is 13.0. The second-order valence-corrected chi connectivity index (χ2v) is 6.11. The summed E-state index contributed by atoms with van der Waals surface area (Å²) < 4.78 is 38.5. The normalized spacial score (nSPS) is 12.3. The van der Waals surface area contributed by atoms with Gasteiger partial charge in [0, 0.05) is 13.6 Å². The molecule has 0 spiro atoms. The van der Waals surface area contributed by atoms with Crippen molar-refractivity contribution in [1.29, 1.82) is 0 Å². The Bertz CT molecular complexity index is 784. The van der Waals surface area contributed by atoms with E-state index < -0.39 is 31.0 Å². The lowest BCUT2D eigenvalue weighted by atomic mass is 10.3. The van der Waals surface area contributed by atoms with Crippen LogP contribution in [0.1, 0.15) is 20.3 Å². The molecule has 2 amide bonds. The maximum absolute atomic E-state index is 12.5. The minimum absolute atomic E-state index is 0.0349. The topological polar surface area (TPSA) is 58.4 Å². The number of rotatable bonds is 8. The van der Waals surface area contributed by atoms with Crippen LogP contribution in [0.25, 0.3) is 5.70 Å². The lowest BCUT2D eigenvalue weighted by Gasteiger charge is -2.24. The van der Waals surface area contributed by atoms with Crippen LogP contribution in [0.4, 0.5) is 18.9 Å². The summed E-state index contributed by atoms with van der Waals surface area (Å²) in [5, 5.41) is 4.17. The number of anilines is 1. The highest BCUT2D eigenvalue weighted by Crippen LogP contribution is 2.26. The van der Waals surface area contributed by atoms with E-state index in [2.05, 4.69) is 11.7 Å². The molecule has 0 saturated carbocycles. The number of likely N-dealkylation sites (N-methyl/N-ethyl adjacent to an activating group) is 2. The molecule has 0 N–H and O–H groups in total. The smallest absolute Gasteiger partial charge is 0.336 e. The summed E-state index contributed by atoms with van der Waals surface area (Å²) >= 11 is 6.15. The largest absolute Gasteiger partial charge is 0.397 e. The Balaban J connectivity index is 3.03. The van der Waals surface area contributed by atoms with Crippen molar-refractivity contribution in [3.8, 4) is 0 Å². The summed E-state index contributed by atoms with van der Waals surface area (Å²) in [6.45, 7) is 6.88. The zero-order valence-corrected chi connectivity index (χ0v) is 16.6. The van der Waals surface area contributed by atoms with Gasteiger partial charge >= 0.3 is 6.18 Å². The summed E-state index contributed by atoms with van der Waals surface area (Å²) in [5.41, 5.74) is 0.881. The molecule has 0 aromatic carbocycles. The molecule has 6 nitrogen and oxygen atoms in total. The van der Waals surface area contributed by atoms with Gasteiger partial charge in [-0.1, -0.05) is 30.3 Å². The highest BCUT2D eigenvalue weighted by atomic mass is 35.5. The highest BCUT2D eigenvalue weighted by molar-refractivity contribution is 6.32. The molecule has 1 heterocycles. The van der Waals surface area contributed by atoms with Crippen molar-refractivity contribution in [3.63, 3.8) is 0 Å². The molecule has 1 rings (SSSR count). The number of carbonyl (C=O) groups is 2. The lowest BCUT2D eigenvalue weighted by Crippen LogP contribution is -2.42. The van der Waals surface area contributed by atoms with Crippen LogP contribution in [0.15, 0.2) is 37.1 Å². The average molecular weight is 419 g/mol. The van der Waals surface area contributed by atoms with Gasteiger partial charge in [-0.15, -0.1) is 0 Å². The molecule has 28 heavy (non-hydrogen) atoms. The van der Waals surface area contributed by atoms with Crippen molar-refractivity contribution in [2.24, 2.45) is 0 Å². The Morgan fingerprint density at radius 1 is 1.36 bits per heavy atom. The van der Waals surface area contributed by atoms with Gasteiger partial charge in [-0.2, -0.15) is 18.3 Å². The van der Waals surface area contributed by atoms with Crippen LogP contribution < -0.4 is 4.90 Å². The van der Waals surface area contributed by atoms with Crippen LogP contribution in [0, 0.1) is 0 Å². The van der Waals surface area contributed by atoms with Crippen LogP contribution in [0.5, 0.6) is 0 Å². The van der Waals surface area contributed by atoms with E-state index in [1.54, 1.807) is 25.2 Å². The van der Waals surface area contributed by atoms with E-state index in [1.807, 2.05) is 13.0 Å². The van der Waals surface area contributed by atoms with E-state index in [0.29, 0.717) is 5.70 Å². The molecule has 0 saturated heterocycles. The van der Waals surface area contributed by atoms with Gasteiger partial charge in [0.1, 0.15) is 12.1 Å². The number of hydrogen-bond donors (Lipinski definition) is 0. The summed E-state index contributed by atoms with van der Waals surface area (Å²) in [6, 6.07) is 0. The van der Waals surface area contributed by atoms with Gasteiger partial charge in [-0.3, -0.25) is 9.59 Å². The van der Waals surface area contributed by atoms with E-state index >= 15 is 0 Å². The zero-order chi connectivity index (χ0) is 21.5. The third kappa shape index (κ3) is 6.56. The predicted molar refractivity (Wildman–Crippen MR) is 103 cm³/mol. The molecule has 154 valence electrons. The maximum Gasteiger partial charge on any atom is 0.397 e. The molecule has 0 aliphatic rings. The molecule has 0 aliphatic heterocycles. The summed E-state index contributed by atoms with van der Waals surface area (Å²) in [6.07, 6.45) is 2.12. The predicted octanol–water partition coefficient (Wildman–Crippen LogP) is 3.90. The molecule has 0 aliphatic carbocycles. The van der Waals surface area contributed by atoms with Crippen molar-refractivity contribution in [1.82, 2.24) is 14.7 Å². The van der Waals surface area contributed by atoms with Gasteiger partial charge in [0.15, 0.2) is 5.15 Å². The van der Waals surface area contributed by atoms with E-state index in [1.165, 1.54) is 15.8 Å². The van der Waals surface area contributed by atoms with Gasteiger partial charge in [0.05, 0.1) is 18.4 Å². The Morgan fingerprint density at radius 2 is 2.00 bits per heavy atom. The fourth-order valence-corrected chi connectivity index (χ4v) is 2.49. The highest BCUT2D eigenvalue weighted by Gasteiger charge is 2.33.